The fourth-order valence-corrected chi connectivity index (χ4v) is 1.02. The summed E-state index contributed by atoms with van der Waals surface area (Å²) >= 11 is 3.07. The number of hydrogen-bond acceptors (Lipinski definition) is 2. The first kappa shape index (κ1) is 8.46. The van der Waals surface area contributed by atoms with E-state index in [0.29, 0.717) is 16.5 Å². The monoisotopic (exact) mass is 209 g/mol. The lowest BCUT2D eigenvalue weighted by molar-refractivity contribution is 0.102. The van der Waals surface area contributed by atoms with Crippen LogP contribution in [-0.4, -0.2) is 23.9 Å². The van der Waals surface area contributed by atoms with E-state index in [0.717, 1.165) is 0 Å². The molecule has 0 aliphatic carbocycles. The van der Waals surface area contributed by atoms with Gasteiger partial charge in [-0.3, -0.25) is 9.78 Å². The Morgan fingerprint density at radius 1 is 1.73 bits per heavy atom. The summed E-state index contributed by atoms with van der Waals surface area (Å²) in [5.41, 5.74) is 0.964. The second-order valence-electron chi connectivity index (χ2n) is 2.03. The number of alkyl halides is 1. The Bertz CT molecular complexity index is 277. The molecule has 0 saturated heterocycles. The second kappa shape index (κ2) is 3.67. The van der Waals surface area contributed by atoms with Crippen LogP contribution in [0.1, 0.15) is 10.4 Å². The fraction of sp³-hybridized carbons (Fsp3) is 0.143. The Morgan fingerprint density at radius 3 is 3.00 bits per heavy atom. The standard InChI is InChI=1S/C7H5BBrNO/c8-7-3-5(1-2-10-7)6(11)4-9/h1-3H,4H2. The third-order valence-electron chi connectivity index (χ3n) is 1.22. The highest BCUT2D eigenvalue weighted by Crippen LogP contribution is 1.98. The van der Waals surface area contributed by atoms with Crippen LogP contribution < -0.4 is 5.59 Å². The maximum Gasteiger partial charge on any atom is 0.173 e. The highest BCUT2D eigenvalue weighted by molar-refractivity contribution is 9.09. The Balaban J connectivity index is 2.96. The molecule has 0 bridgehead atoms. The molecule has 1 aromatic rings. The molecule has 1 heterocycles. The number of aromatic nitrogens is 1. The number of nitrogens with zero attached hydrogens (tertiary/aromatic N) is 1. The SMILES string of the molecule is [B]c1cc(C(=O)CBr)ccn1. The van der Waals surface area contributed by atoms with E-state index in [-0.39, 0.29) is 5.78 Å². The molecule has 0 aromatic carbocycles. The van der Waals surface area contributed by atoms with Crippen LogP contribution in [0.5, 0.6) is 0 Å². The third-order valence-corrected chi connectivity index (χ3v) is 1.73. The predicted octanol–water partition coefficient (Wildman–Crippen LogP) is 0.453. The summed E-state index contributed by atoms with van der Waals surface area (Å²) in [4.78, 5) is 14.8. The topological polar surface area (TPSA) is 30.0 Å². The summed E-state index contributed by atoms with van der Waals surface area (Å²) in [5.74, 6) is 0.0131. The number of ketones is 1. The molecular formula is C7H5BBrNO. The van der Waals surface area contributed by atoms with Crippen molar-refractivity contribution in [1.82, 2.24) is 4.98 Å². The minimum absolute atomic E-state index is 0.0131. The molecule has 0 fully saturated rings. The zero-order valence-electron chi connectivity index (χ0n) is 5.75. The smallest absolute Gasteiger partial charge is 0.173 e. The zero-order chi connectivity index (χ0) is 8.27. The van der Waals surface area contributed by atoms with Crippen LogP contribution in [0.15, 0.2) is 18.3 Å². The number of rotatable bonds is 2. The first-order valence-corrected chi connectivity index (χ1v) is 4.17. The number of pyridine rings is 1. The molecule has 54 valence electrons. The lowest BCUT2D eigenvalue weighted by Gasteiger charge is -1.96. The Hall–Kier alpha value is -0.635. The van der Waals surface area contributed by atoms with Gasteiger partial charge in [0.05, 0.1) is 5.33 Å². The van der Waals surface area contributed by atoms with Crippen LogP contribution in [0.2, 0.25) is 0 Å². The molecule has 11 heavy (non-hydrogen) atoms. The molecule has 0 saturated carbocycles. The third kappa shape index (κ3) is 2.15. The lowest BCUT2D eigenvalue weighted by atomic mass is 10.0. The summed E-state index contributed by atoms with van der Waals surface area (Å²) < 4.78 is 0. The number of halogens is 1. The Kier molecular flexibility index (Phi) is 2.82. The number of carbonyl (C=O) groups is 1. The normalized spacial score (nSPS) is 9.55. The van der Waals surface area contributed by atoms with E-state index in [1.54, 1.807) is 12.1 Å². The van der Waals surface area contributed by atoms with Crippen molar-refractivity contribution in [3.8, 4) is 0 Å². The van der Waals surface area contributed by atoms with Crippen LogP contribution in [0.25, 0.3) is 0 Å². The van der Waals surface area contributed by atoms with Gasteiger partial charge in [-0.1, -0.05) is 15.9 Å². The number of hydrogen-bond donors (Lipinski definition) is 0. The van der Waals surface area contributed by atoms with Crippen molar-refractivity contribution in [3.05, 3.63) is 23.9 Å². The van der Waals surface area contributed by atoms with Crippen molar-refractivity contribution in [3.63, 3.8) is 0 Å². The number of carbonyl (C=O) groups excluding carboxylic acids is 1. The summed E-state index contributed by atoms with van der Waals surface area (Å²) in [5, 5.41) is 0.316. The van der Waals surface area contributed by atoms with Gasteiger partial charge in [0.1, 0.15) is 7.85 Å². The quantitative estimate of drug-likeness (QED) is 0.403. The molecule has 4 heteroatoms. The Labute approximate surface area is 74.6 Å². The van der Waals surface area contributed by atoms with Crippen LogP contribution in [0, 0.1) is 0 Å². The largest absolute Gasteiger partial charge is 0.293 e. The van der Waals surface area contributed by atoms with Gasteiger partial charge in [-0.05, 0) is 17.7 Å². The maximum absolute atomic E-state index is 11.0. The van der Waals surface area contributed by atoms with Gasteiger partial charge < -0.3 is 0 Å². The molecule has 0 atom stereocenters. The summed E-state index contributed by atoms with van der Waals surface area (Å²) in [6.45, 7) is 0. The van der Waals surface area contributed by atoms with E-state index in [1.165, 1.54) is 6.20 Å². The van der Waals surface area contributed by atoms with E-state index in [4.69, 9.17) is 7.85 Å². The zero-order valence-corrected chi connectivity index (χ0v) is 7.34. The molecule has 2 nitrogen and oxygen atoms in total. The molecule has 0 spiro atoms. The van der Waals surface area contributed by atoms with E-state index in [1.807, 2.05) is 0 Å². The van der Waals surface area contributed by atoms with Gasteiger partial charge >= 0.3 is 0 Å². The summed E-state index contributed by atoms with van der Waals surface area (Å²) in [7, 11) is 5.37. The van der Waals surface area contributed by atoms with Gasteiger partial charge in [0, 0.05) is 11.8 Å². The Morgan fingerprint density at radius 2 is 2.45 bits per heavy atom. The van der Waals surface area contributed by atoms with Crippen molar-refractivity contribution in [2.24, 2.45) is 0 Å². The van der Waals surface area contributed by atoms with Gasteiger partial charge in [0.25, 0.3) is 0 Å². The van der Waals surface area contributed by atoms with Gasteiger partial charge in [0.15, 0.2) is 5.78 Å². The van der Waals surface area contributed by atoms with Crippen molar-refractivity contribution in [2.75, 3.05) is 5.33 Å². The highest BCUT2D eigenvalue weighted by Gasteiger charge is 2.02. The summed E-state index contributed by atoms with van der Waals surface area (Å²) in [6, 6.07) is 3.20. The highest BCUT2D eigenvalue weighted by atomic mass is 79.9. The molecule has 0 amide bonds. The van der Waals surface area contributed by atoms with Crippen LogP contribution in [0.3, 0.4) is 0 Å². The van der Waals surface area contributed by atoms with Crippen molar-refractivity contribution in [2.45, 2.75) is 0 Å². The first-order chi connectivity index (χ1) is 5.24. The molecule has 0 aliphatic heterocycles. The van der Waals surface area contributed by atoms with Gasteiger partial charge in [-0.15, -0.1) is 0 Å². The second-order valence-corrected chi connectivity index (χ2v) is 2.59. The number of Topliss-reactive ketones (excluding diaryl/α,β-unsaturated/α-hetero) is 1. The molecule has 0 N–H and O–H groups in total. The molecular weight excluding hydrogens is 205 g/mol. The van der Waals surface area contributed by atoms with Gasteiger partial charge in [-0.25, -0.2) is 0 Å². The van der Waals surface area contributed by atoms with Gasteiger partial charge in [-0.2, -0.15) is 0 Å². The molecule has 1 aromatic heterocycles. The predicted molar refractivity (Wildman–Crippen MR) is 47.7 cm³/mol. The fourth-order valence-electron chi connectivity index (χ4n) is 0.699. The van der Waals surface area contributed by atoms with Crippen molar-refractivity contribution in [1.29, 1.82) is 0 Å². The van der Waals surface area contributed by atoms with E-state index >= 15 is 0 Å². The molecule has 0 aliphatic rings. The first-order valence-electron chi connectivity index (χ1n) is 3.04. The van der Waals surface area contributed by atoms with Crippen LogP contribution in [-0.2, 0) is 0 Å². The van der Waals surface area contributed by atoms with E-state index < -0.39 is 0 Å². The molecule has 1 rings (SSSR count). The minimum atomic E-state index is 0.0131. The van der Waals surface area contributed by atoms with Crippen LogP contribution in [0.4, 0.5) is 0 Å². The van der Waals surface area contributed by atoms with E-state index in [9.17, 15) is 4.79 Å². The average molecular weight is 210 g/mol. The van der Waals surface area contributed by atoms with Crippen molar-refractivity contribution < 1.29 is 4.79 Å². The van der Waals surface area contributed by atoms with Gasteiger partial charge in [0.2, 0.25) is 0 Å². The lowest BCUT2D eigenvalue weighted by Crippen LogP contribution is -2.11. The average Bonchev–Trinajstić information content (AvgIpc) is 2.03. The van der Waals surface area contributed by atoms with E-state index in [2.05, 4.69) is 20.9 Å². The van der Waals surface area contributed by atoms with Crippen molar-refractivity contribution >= 4 is 35.2 Å². The minimum Gasteiger partial charge on any atom is -0.293 e. The molecule has 0 unspecified atom stereocenters. The maximum atomic E-state index is 11.0. The van der Waals surface area contributed by atoms with Crippen LogP contribution >= 0.6 is 15.9 Å². The summed E-state index contributed by atoms with van der Waals surface area (Å²) in [6.07, 6.45) is 1.52. The molecule has 2 radical (unpaired) electrons.